The van der Waals surface area contributed by atoms with Gasteiger partial charge in [-0.05, 0) is 23.6 Å². The second kappa shape index (κ2) is 3.36. The summed E-state index contributed by atoms with van der Waals surface area (Å²) in [4.78, 5) is 4.04. The lowest BCUT2D eigenvalue weighted by molar-refractivity contribution is 0.476. The highest BCUT2D eigenvalue weighted by Gasteiger charge is 1.95. The molecule has 3 heteroatoms. The average Bonchev–Trinajstić information content (AvgIpc) is 2.59. The molecule has 0 amide bonds. The summed E-state index contributed by atoms with van der Waals surface area (Å²) in [5.41, 5.74) is 0. The van der Waals surface area contributed by atoms with E-state index < -0.39 is 0 Å². The number of pyridine rings is 1. The van der Waals surface area contributed by atoms with Crippen molar-refractivity contribution < 1.29 is 4.74 Å². The predicted octanol–water partition coefficient (Wildman–Crippen LogP) is 2.94. The van der Waals surface area contributed by atoms with Crippen LogP contribution in [0.1, 0.15) is 0 Å². The van der Waals surface area contributed by atoms with Gasteiger partial charge in [-0.15, -0.1) is 11.3 Å². The third-order valence-corrected chi connectivity index (χ3v) is 2.08. The van der Waals surface area contributed by atoms with Gasteiger partial charge < -0.3 is 4.74 Å². The Morgan fingerprint density at radius 1 is 1.17 bits per heavy atom. The van der Waals surface area contributed by atoms with Gasteiger partial charge in [0.1, 0.15) is 0 Å². The standard InChI is InChI=1S/C9H7NOS/c1-2-6-10-8(4-1)11-9-5-3-7-12-9/h1-7H. The molecule has 0 fully saturated rings. The normalized spacial score (nSPS) is 9.67. The Labute approximate surface area is 74.5 Å². The molecule has 0 unspecified atom stereocenters. The van der Waals surface area contributed by atoms with E-state index in [0.29, 0.717) is 5.88 Å². The lowest BCUT2D eigenvalue weighted by atomic mass is 10.5. The van der Waals surface area contributed by atoms with E-state index in [9.17, 15) is 0 Å². The quantitative estimate of drug-likeness (QED) is 0.703. The van der Waals surface area contributed by atoms with Crippen LogP contribution in [0.2, 0.25) is 0 Å². The molecule has 2 aromatic rings. The van der Waals surface area contributed by atoms with Gasteiger partial charge in [0, 0.05) is 12.3 Å². The molecule has 0 saturated heterocycles. The van der Waals surface area contributed by atoms with Crippen LogP contribution in [0.5, 0.6) is 10.9 Å². The van der Waals surface area contributed by atoms with Crippen LogP contribution in [-0.4, -0.2) is 4.98 Å². The molecule has 2 nitrogen and oxygen atoms in total. The Bertz CT molecular complexity index is 331. The lowest BCUT2D eigenvalue weighted by Crippen LogP contribution is -1.82. The Balaban J connectivity index is 2.15. The van der Waals surface area contributed by atoms with E-state index in [2.05, 4.69) is 4.98 Å². The van der Waals surface area contributed by atoms with Crippen LogP contribution in [0, 0.1) is 0 Å². The van der Waals surface area contributed by atoms with Crippen LogP contribution in [0.15, 0.2) is 41.9 Å². The summed E-state index contributed by atoms with van der Waals surface area (Å²) in [6.45, 7) is 0. The molecular formula is C9H7NOS. The molecule has 60 valence electrons. The van der Waals surface area contributed by atoms with Gasteiger partial charge in [0.2, 0.25) is 5.88 Å². The Hall–Kier alpha value is -1.35. The van der Waals surface area contributed by atoms with Crippen molar-refractivity contribution in [2.24, 2.45) is 0 Å². The van der Waals surface area contributed by atoms with E-state index in [1.54, 1.807) is 17.5 Å². The third-order valence-electron chi connectivity index (χ3n) is 1.34. The van der Waals surface area contributed by atoms with Gasteiger partial charge >= 0.3 is 0 Å². The minimum atomic E-state index is 0.639. The summed E-state index contributed by atoms with van der Waals surface area (Å²) < 4.78 is 5.43. The minimum absolute atomic E-state index is 0.639. The fourth-order valence-electron chi connectivity index (χ4n) is 0.832. The van der Waals surface area contributed by atoms with Crippen molar-refractivity contribution in [3.63, 3.8) is 0 Å². The van der Waals surface area contributed by atoms with Crippen LogP contribution in [-0.2, 0) is 0 Å². The minimum Gasteiger partial charge on any atom is -0.428 e. The first kappa shape index (κ1) is 7.31. The van der Waals surface area contributed by atoms with Crippen molar-refractivity contribution in [2.75, 3.05) is 0 Å². The summed E-state index contributed by atoms with van der Waals surface area (Å²) in [5.74, 6) is 0.639. The Morgan fingerprint density at radius 2 is 2.17 bits per heavy atom. The molecule has 12 heavy (non-hydrogen) atoms. The molecule has 2 rings (SSSR count). The molecule has 0 aliphatic carbocycles. The molecule has 0 bridgehead atoms. The van der Waals surface area contributed by atoms with Gasteiger partial charge in [0.25, 0.3) is 0 Å². The molecule has 0 atom stereocenters. The average molecular weight is 177 g/mol. The number of nitrogens with zero attached hydrogens (tertiary/aromatic N) is 1. The number of ether oxygens (including phenoxy) is 1. The van der Waals surface area contributed by atoms with Crippen LogP contribution in [0.3, 0.4) is 0 Å². The molecule has 0 aromatic carbocycles. The van der Waals surface area contributed by atoms with Gasteiger partial charge in [-0.3, -0.25) is 0 Å². The second-order valence-electron chi connectivity index (χ2n) is 2.20. The molecule has 2 aromatic heterocycles. The molecule has 0 radical (unpaired) electrons. The molecule has 0 aliphatic heterocycles. The summed E-state index contributed by atoms with van der Waals surface area (Å²) in [7, 11) is 0. The monoisotopic (exact) mass is 177 g/mol. The molecule has 0 N–H and O–H groups in total. The maximum atomic E-state index is 5.43. The van der Waals surface area contributed by atoms with Gasteiger partial charge in [-0.25, -0.2) is 4.98 Å². The number of hydrogen-bond acceptors (Lipinski definition) is 3. The van der Waals surface area contributed by atoms with Crippen LogP contribution in [0.25, 0.3) is 0 Å². The van der Waals surface area contributed by atoms with E-state index in [0.717, 1.165) is 5.06 Å². The molecular weight excluding hydrogens is 170 g/mol. The zero-order valence-electron chi connectivity index (χ0n) is 6.31. The summed E-state index contributed by atoms with van der Waals surface area (Å²) in [6, 6.07) is 9.46. The third kappa shape index (κ3) is 1.62. The maximum absolute atomic E-state index is 5.43. The Kier molecular flexibility index (Phi) is 2.05. The van der Waals surface area contributed by atoms with E-state index in [-0.39, 0.29) is 0 Å². The van der Waals surface area contributed by atoms with E-state index in [4.69, 9.17) is 4.74 Å². The second-order valence-corrected chi connectivity index (χ2v) is 3.11. The maximum Gasteiger partial charge on any atom is 0.220 e. The Morgan fingerprint density at radius 3 is 2.83 bits per heavy atom. The largest absolute Gasteiger partial charge is 0.428 e. The van der Waals surface area contributed by atoms with E-state index in [1.165, 1.54) is 0 Å². The SMILES string of the molecule is c1ccc(Oc2cccs2)nc1. The van der Waals surface area contributed by atoms with E-state index >= 15 is 0 Å². The first-order valence-corrected chi connectivity index (χ1v) is 4.45. The summed E-state index contributed by atoms with van der Waals surface area (Å²) in [5, 5.41) is 2.84. The summed E-state index contributed by atoms with van der Waals surface area (Å²) in [6.07, 6.45) is 1.71. The summed E-state index contributed by atoms with van der Waals surface area (Å²) >= 11 is 1.56. The number of thiophene rings is 1. The zero-order valence-corrected chi connectivity index (χ0v) is 7.12. The van der Waals surface area contributed by atoms with Crippen LogP contribution in [0.4, 0.5) is 0 Å². The van der Waals surface area contributed by atoms with Gasteiger partial charge in [0.05, 0.1) is 0 Å². The predicted molar refractivity (Wildman–Crippen MR) is 48.6 cm³/mol. The first-order chi connectivity index (χ1) is 5.95. The van der Waals surface area contributed by atoms with Crippen molar-refractivity contribution in [3.8, 4) is 10.9 Å². The number of rotatable bonds is 2. The number of aromatic nitrogens is 1. The van der Waals surface area contributed by atoms with Crippen LogP contribution < -0.4 is 4.74 Å². The molecule has 2 heterocycles. The highest BCUT2D eigenvalue weighted by molar-refractivity contribution is 7.11. The van der Waals surface area contributed by atoms with Gasteiger partial charge in [-0.1, -0.05) is 6.07 Å². The molecule has 0 aliphatic rings. The fraction of sp³-hybridized carbons (Fsp3) is 0. The van der Waals surface area contributed by atoms with Crippen LogP contribution >= 0.6 is 11.3 Å². The van der Waals surface area contributed by atoms with Gasteiger partial charge in [0.15, 0.2) is 5.06 Å². The van der Waals surface area contributed by atoms with Crippen molar-refractivity contribution in [1.82, 2.24) is 4.98 Å². The van der Waals surface area contributed by atoms with Crippen molar-refractivity contribution in [1.29, 1.82) is 0 Å². The first-order valence-electron chi connectivity index (χ1n) is 3.57. The topological polar surface area (TPSA) is 22.1 Å². The molecule has 0 saturated carbocycles. The van der Waals surface area contributed by atoms with Gasteiger partial charge in [-0.2, -0.15) is 0 Å². The van der Waals surface area contributed by atoms with Crippen molar-refractivity contribution in [2.45, 2.75) is 0 Å². The highest BCUT2D eigenvalue weighted by atomic mass is 32.1. The number of hydrogen-bond donors (Lipinski definition) is 0. The lowest BCUT2D eigenvalue weighted by Gasteiger charge is -1.98. The van der Waals surface area contributed by atoms with Crippen molar-refractivity contribution in [3.05, 3.63) is 41.9 Å². The fourth-order valence-corrected chi connectivity index (χ4v) is 1.41. The smallest absolute Gasteiger partial charge is 0.220 e. The zero-order chi connectivity index (χ0) is 8.23. The van der Waals surface area contributed by atoms with Crippen molar-refractivity contribution >= 4 is 11.3 Å². The highest BCUT2D eigenvalue weighted by Crippen LogP contribution is 2.23. The van der Waals surface area contributed by atoms with E-state index in [1.807, 2.05) is 35.7 Å². The molecule has 0 spiro atoms.